The monoisotopic (exact) mass is 651 g/mol. The summed E-state index contributed by atoms with van der Waals surface area (Å²) >= 11 is 0. The Morgan fingerprint density at radius 2 is 0.935 bits per heavy atom. The molecule has 2 aromatic carbocycles. The van der Waals surface area contributed by atoms with Crippen LogP contribution in [-0.2, 0) is 41.3 Å². The van der Waals surface area contributed by atoms with Gasteiger partial charge in [-0.2, -0.15) is 28.9 Å². The second kappa shape index (κ2) is 13.4. The van der Waals surface area contributed by atoms with Crippen molar-refractivity contribution in [1.82, 2.24) is 0 Å². The molecule has 2 unspecified atom stereocenters. The van der Waals surface area contributed by atoms with Crippen LogP contribution in [0.2, 0.25) is 0 Å². The summed E-state index contributed by atoms with van der Waals surface area (Å²) in [5.74, 6) is 0. The third kappa shape index (κ3) is 11.9. The quantitative estimate of drug-likeness (QED) is 0.441. The Morgan fingerprint density at radius 1 is 0.677 bits per heavy atom. The average molecular weight is 652 g/mol. The smallest absolute Gasteiger partial charge is 0.676 e. The fourth-order valence-corrected chi connectivity index (χ4v) is 3.51. The second-order valence-electron chi connectivity index (χ2n) is 7.07. The van der Waals surface area contributed by atoms with Crippen LogP contribution in [0.4, 0.5) is 0 Å². The number of hydrogen-bond donors (Lipinski definition) is 2. The molecule has 0 spiro atoms. The Bertz CT molecular complexity index is 911. The van der Waals surface area contributed by atoms with Crippen LogP contribution in [0.15, 0.2) is 58.3 Å². The Morgan fingerprint density at radius 3 is 1.13 bits per heavy atom. The van der Waals surface area contributed by atoms with Crippen molar-refractivity contribution < 1.29 is 47.0 Å². The maximum atomic E-state index is 10.5. The molecule has 2 atom stereocenters. The fraction of sp³-hybridized carbons (Fsp3) is 0.400. The zero-order chi connectivity index (χ0) is 22.9. The molecule has 0 bridgehead atoms. The molecular weight excluding hydrogens is 623 g/mol. The number of benzene rings is 2. The molecule has 1 saturated carbocycles. The van der Waals surface area contributed by atoms with E-state index in [1.165, 1.54) is 37.1 Å². The van der Waals surface area contributed by atoms with Gasteiger partial charge in [-0.1, -0.05) is 61.1 Å². The standard InChI is InChI=1S/2C7H8O3S.C6H12N2.Pt/c2*1-6-2-4-7(5-3-6)11(8,9)10;7-5-3-1-2-4-6(5)8;/h2*2-5H,1H3,(H,8,9,10);5-8H,1-4H2;/q;;-2;+2. The minimum absolute atomic E-state index is 0. The van der Waals surface area contributed by atoms with E-state index in [9.17, 15) is 16.8 Å². The third-order valence-corrected chi connectivity index (χ3v) is 6.14. The molecule has 0 amide bonds. The maximum Gasteiger partial charge on any atom is 2.00 e. The first-order valence-corrected chi connectivity index (χ1v) is 12.2. The number of nitrogens with one attached hydrogen (secondary N) is 2. The van der Waals surface area contributed by atoms with Gasteiger partial charge in [0.25, 0.3) is 20.2 Å². The molecule has 0 saturated heterocycles. The zero-order valence-corrected chi connectivity index (χ0v) is 21.2. The second-order valence-corrected chi connectivity index (χ2v) is 9.92. The molecule has 11 heteroatoms. The summed E-state index contributed by atoms with van der Waals surface area (Å²) in [7, 11) is -8.04. The van der Waals surface area contributed by atoms with Crippen molar-refractivity contribution in [3.05, 3.63) is 71.1 Å². The number of rotatable bonds is 2. The molecule has 4 N–H and O–H groups in total. The van der Waals surface area contributed by atoms with Crippen LogP contribution in [0.1, 0.15) is 36.8 Å². The van der Waals surface area contributed by atoms with Gasteiger partial charge in [0, 0.05) is 0 Å². The first-order valence-electron chi connectivity index (χ1n) is 9.31. The molecule has 31 heavy (non-hydrogen) atoms. The van der Waals surface area contributed by atoms with Gasteiger partial charge in [0.2, 0.25) is 0 Å². The Hall–Kier alpha value is -1.13. The van der Waals surface area contributed by atoms with E-state index in [1.807, 2.05) is 13.8 Å². The maximum absolute atomic E-state index is 10.5. The first-order chi connectivity index (χ1) is 13.8. The fourth-order valence-electron chi connectivity index (χ4n) is 2.55. The average Bonchev–Trinajstić information content (AvgIpc) is 2.64. The van der Waals surface area contributed by atoms with Crippen molar-refractivity contribution in [3.8, 4) is 0 Å². The molecule has 0 radical (unpaired) electrons. The molecular formula is C20H28N2O6PtS2. The van der Waals surface area contributed by atoms with Crippen molar-refractivity contribution in [3.63, 3.8) is 0 Å². The Kier molecular flexibility index (Phi) is 12.9. The Labute approximate surface area is 199 Å². The van der Waals surface area contributed by atoms with Crippen LogP contribution in [0, 0.1) is 13.8 Å². The van der Waals surface area contributed by atoms with E-state index < -0.39 is 20.2 Å². The predicted molar refractivity (Wildman–Crippen MR) is 117 cm³/mol. The van der Waals surface area contributed by atoms with Gasteiger partial charge in [-0.25, -0.2) is 0 Å². The molecule has 8 nitrogen and oxygen atoms in total. The van der Waals surface area contributed by atoms with Crippen molar-refractivity contribution >= 4 is 20.2 Å². The van der Waals surface area contributed by atoms with Gasteiger partial charge >= 0.3 is 21.1 Å². The molecule has 3 rings (SSSR count). The summed E-state index contributed by atoms with van der Waals surface area (Å²) < 4.78 is 59.1. The summed E-state index contributed by atoms with van der Waals surface area (Å²) in [4.78, 5) is -0.133. The molecule has 176 valence electrons. The topological polar surface area (TPSA) is 156 Å². The summed E-state index contributed by atoms with van der Waals surface area (Å²) in [5, 5.41) is 0. The van der Waals surface area contributed by atoms with Crippen molar-refractivity contribution in [2.24, 2.45) is 0 Å². The van der Waals surface area contributed by atoms with Gasteiger partial charge in [-0.15, -0.1) is 0 Å². The molecule has 2 aromatic rings. The predicted octanol–water partition coefficient (Wildman–Crippen LogP) is 4.88. The largest absolute Gasteiger partial charge is 2.00 e. The van der Waals surface area contributed by atoms with E-state index in [4.69, 9.17) is 20.6 Å². The summed E-state index contributed by atoms with van der Waals surface area (Å²) in [6.45, 7) is 3.68. The van der Waals surface area contributed by atoms with E-state index in [-0.39, 0.29) is 42.9 Å². The first kappa shape index (κ1) is 29.9. The van der Waals surface area contributed by atoms with Gasteiger partial charge in [0.05, 0.1) is 9.79 Å². The van der Waals surface area contributed by atoms with Gasteiger partial charge < -0.3 is 11.5 Å². The van der Waals surface area contributed by atoms with E-state index in [0.29, 0.717) is 0 Å². The number of aryl methyl sites for hydroxylation is 2. The van der Waals surface area contributed by atoms with E-state index in [1.54, 1.807) is 24.3 Å². The molecule has 1 fully saturated rings. The van der Waals surface area contributed by atoms with Crippen LogP contribution in [-0.4, -0.2) is 38.0 Å². The minimum Gasteiger partial charge on any atom is -0.676 e. The van der Waals surface area contributed by atoms with Crippen molar-refractivity contribution in [2.45, 2.75) is 61.4 Å². The van der Waals surface area contributed by atoms with Crippen LogP contribution in [0.25, 0.3) is 11.5 Å². The van der Waals surface area contributed by atoms with Gasteiger partial charge in [0.15, 0.2) is 0 Å². The molecule has 0 heterocycles. The molecule has 0 aromatic heterocycles. The molecule has 0 aliphatic heterocycles. The van der Waals surface area contributed by atoms with Crippen molar-refractivity contribution in [2.75, 3.05) is 0 Å². The molecule has 1 aliphatic carbocycles. The normalized spacial score (nSPS) is 18.4. The SMILES string of the molecule is Cc1ccc(S(=O)(=O)O)cc1.Cc1ccc(S(=O)(=O)O)cc1.[NH-]C1CCCCC1[NH-].[Pt+2]. The van der Waals surface area contributed by atoms with Crippen LogP contribution >= 0.6 is 0 Å². The van der Waals surface area contributed by atoms with Crippen LogP contribution in [0.3, 0.4) is 0 Å². The van der Waals surface area contributed by atoms with Crippen molar-refractivity contribution in [1.29, 1.82) is 0 Å². The zero-order valence-electron chi connectivity index (χ0n) is 17.3. The van der Waals surface area contributed by atoms with Gasteiger partial charge in [-0.3, -0.25) is 9.11 Å². The summed E-state index contributed by atoms with van der Waals surface area (Å²) in [6, 6.07) is 11.8. The van der Waals surface area contributed by atoms with E-state index in [2.05, 4.69) is 0 Å². The molecule has 1 aliphatic rings. The van der Waals surface area contributed by atoms with Crippen LogP contribution in [0.5, 0.6) is 0 Å². The van der Waals surface area contributed by atoms with E-state index >= 15 is 0 Å². The van der Waals surface area contributed by atoms with Crippen LogP contribution < -0.4 is 0 Å². The summed E-state index contributed by atoms with van der Waals surface area (Å²) in [6.07, 6.45) is 4.25. The minimum atomic E-state index is -4.02. The number of hydrogen-bond acceptors (Lipinski definition) is 4. The van der Waals surface area contributed by atoms with Gasteiger partial charge in [0.1, 0.15) is 0 Å². The summed E-state index contributed by atoms with van der Waals surface area (Å²) in [5.41, 5.74) is 16.5. The third-order valence-electron chi connectivity index (χ3n) is 4.40. The Balaban J connectivity index is 0.000000434. The van der Waals surface area contributed by atoms with Gasteiger partial charge in [-0.05, 0) is 38.1 Å². The van der Waals surface area contributed by atoms with E-state index in [0.717, 1.165) is 24.0 Å².